The van der Waals surface area contributed by atoms with E-state index in [9.17, 15) is 8.78 Å². The van der Waals surface area contributed by atoms with Gasteiger partial charge >= 0.3 is 23.1 Å². The molecular weight excluding hydrogens is 240 g/mol. The molecule has 0 fully saturated rings. The monoisotopic (exact) mass is 253 g/mol. The Morgan fingerprint density at radius 3 is 1.75 bits per heavy atom. The first-order valence-corrected chi connectivity index (χ1v) is 2.61. The number of halogens is 3. The van der Waals surface area contributed by atoms with Crippen molar-refractivity contribution in [2.45, 2.75) is 13.3 Å². The normalized spacial score (nSPS) is 6.00. The third-order valence-corrected chi connectivity index (χ3v) is 0.402. The first kappa shape index (κ1) is 29.4. The van der Waals surface area contributed by atoms with E-state index >= 15 is 0 Å². The first-order chi connectivity index (χ1) is 4.83. The minimum Gasteiger partial charge on any atom is -0.425 e. The van der Waals surface area contributed by atoms with E-state index in [4.69, 9.17) is 5.41 Å². The van der Waals surface area contributed by atoms with Crippen LogP contribution in [-0.2, 0) is 0 Å². The van der Waals surface area contributed by atoms with Crippen LogP contribution >= 0.6 is 17.0 Å². The molecule has 0 unspecified atom stereocenters. The molecule has 0 rings (SSSR count). The van der Waals surface area contributed by atoms with Crippen molar-refractivity contribution in [3.8, 4) is 0 Å². The van der Waals surface area contributed by atoms with Crippen molar-refractivity contribution in [1.29, 1.82) is 5.41 Å². The largest absolute Gasteiger partial charge is 2.00 e. The van der Waals surface area contributed by atoms with E-state index < -0.39 is 6.93 Å². The topological polar surface area (TPSA) is 23.9 Å². The predicted molar refractivity (Wildman–Crippen MR) is 57.2 cm³/mol. The Bertz CT molecular complexity index is 65.4. The zero-order valence-corrected chi connectivity index (χ0v) is 10.4. The average Bonchev–Trinajstić information content (AvgIpc) is 1.96. The molecule has 0 spiro atoms. The third-order valence-electron chi connectivity index (χ3n) is 0.402. The number of rotatable bonds is 1. The van der Waals surface area contributed by atoms with Gasteiger partial charge < -0.3 is 21.1 Å². The minimum atomic E-state index is -1.00. The van der Waals surface area contributed by atoms with Crippen molar-refractivity contribution in [2.24, 2.45) is 0 Å². The van der Waals surface area contributed by atoms with Gasteiger partial charge in [0.2, 0.25) is 0 Å². The molecule has 0 aromatic carbocycles. The van der Waals surface area contributed by atoms with Gasteiger partial charge in [0, 0.05) is 0 Å². The Labute approximate surface area is 100 Å². The van der Waals surface area contributed by atoms with Gasteiger partial charge in [0.1, 0.15) is 0 Å². The van der Waals surface area contributed by atoms with Crippen LogP contribution in [0.3, 0.4) is 0 Å². The van der Waals surface area contributed by atoms with Gasteiger partial charge in [0.05, 0.1) is 0 Å². The molecule has 0 aromatic rings. The Balaban J connectivity index is -0.0000000209. The first-order valence-electron chi connectivity index (χ1n) is 2.61. The summed E-state index contributed by atoms with van der Waals surface area (Å²) >= 11 is 0. The molecule has 0 aliphatic rings. The fraction of sp³-hybridized carbons (Fsp3) is 0.286. The maximum absolute atomic E-state index is 9.50. The summed E-state index contributed by atoms with van der Waals surface area (Å²) in [6.45, 7) is 7.08. The summed E-state index contributed by atoms with van der Waals surface area (Å²) < 4.78 is 19.0. The van der Waals surface area contributed by atoms with Crippen LogP contribution in [0.5, 0.6) is 0 Å². The van der Waals surface area contributed by atoms with Gasteiger partial charge in [-0.1, -0.05) is 6.08 Å². The SMILES string of the molecule is Br.C=N.F[CH-]F.[CH2-]CC=CC.[Mg+2]. The molecule has 0 radical (unpaired) electrons. The fourth-order valence-electron chi connectivity index (χ4n) is 0.167. The Kier molecular flexibility index (Phi) is 153. The molecule has 5 heteroatoms. The van der Waals surface area contributed by atoms with Gasteiger partial charge in [-0.25, -0.2) is 0 Å². The molecule has 0 saturated heterocycles. The summed E-state index contributed by atoms with van der Waals surface area (Å²) in [5, 5.41) is 5.50. The summed E-state index contributed by atoms with van der Waals surface area (Å²) in [5.74, 6) is 0. The van der Waals surface area contributed by atoms with Gasteiger partial charge in [-0.05, 0) is 20.6 Å². The fourth-order valence-corrected chi connectivity index (χ4v) is 0.167. The van der Waals surface area contributed by atoms with E-state index in [1.54, 1.807) is 0 Å². The van der Waals surface area contributed by atoms with E-state index in [1.807, 2.05) is 19.1 Å². The zero-order valence-electron chi connectivity index (χ0n) is 7.22. The van der Waals surface area contributed by atoms with Crippen LogP contribution in [0.15, 0.2) is 12.2 Å². The van der Waals surface area contributed by atoms with Gasteiger partial charge in [-0.15, -0.1) is 23.1 Å². The summed E-state index contributed by atoms with van der Waals surface area (Å²) in [7, 11) is 0. The van der Waals surface area contributed by atoms with E-state index in [0.29, 0.717) is 0 Å². The van der Waals surface area contributed by atoms with Crippen LogP contribution in [0.1, 0.15) is 13.3 Å². The molecule has 1 N–H and O–H groups in total. The van der Waals surface area contributed by atoms with E-state index in [-0.39, 0.29) is 40.0 Å². The number of hydrogen-bond acceptors (Lipinski definition) is 1. The Hall–Kier alpha value is 0.516. The smallest absolute Gasteiger partial charge is 0.425 e. The van der Waals surface area contributed by atoms with Crippen molar-refractivity contribution in [3.63, 3.8) is 0 Å². The van der Waals surface area contributed by atoms with Crippen LogP contribution in [0, 0.1) is 19.3 Å². The van der Waals surface area contributed by atoms with Gasteiger partial charge in [0.25, 0.3) is 0 Å². The van der Waals surface area contributed by atoms with Crippen molar-refractivity contribution in [1.82, 2.24) is 0 Å². The average molecular weight is 254 g/mol. The molecule has 0 atom stereocenters. The second kappa shape index (κ2) is 62.4. The molecule has 1 nitrogen and oxygen atoms in total. The molecule has 70 valence electrons. The zero-order chi connectivity index (χ0) is 8.83. The molecule has 0 aliphatic carbocycles. The number of nitrogens with one attached hydrogen (secondary N) is 1. The van der Waals surface area contributed by atoms with Crippen molar-refractivity contribution in [2.75, 3.05) is 0 Å². The summed E-state index contributed by atoms with van der Waals surface area (Å²) in [6.07, 6.45) is 4.92. The van der Waals surface area contributed by atoms with Gasteiger partial charge in [-0.2, -0.15) is 6.42 Å². The summed E-state index contributed by atoms with van der Waals surface area (Å²) in [5.41, 5.74) is 0. The summed E-state index contributed by atoms with van der Waals surface area (Å²) in [4.78, 5) is 0. The number of allylic oxidation sites excluding steroid dienone is 2. The second-order valence-electron chi connectivity index (χ2n) is 0.940. The molecule has 0 saturated carbocycles. The minimum absolute atomic E-state index is 0. The van der Waals surface area contributed by atoms with Crippen LogP contribution in [0.4, 0.5) is 8.78 Å². The van der Waals surface area contributed by atoms with Crippen molar-refractivity contribution >= 4 is 46.8 Å². The van der Waals surface area contributed by atoms with Crippen LogP contribution in [-0.4, -0.2) is 29.8 Å². The van der Waals surface area contributed by atoms with Crippen molar-refractivity contribution in [3.05, 3.63) is 26.0 Å². The molecular formula is C7H14BrF2MgN. The van der Waals surface area contributed by atoms with Gasteiger partial charge in [0.15, 0.2) is 0 Å². The van der Waals surface area contributed by atoms with Gasteiger partial charge in [-0.3, -0.25) is 0 Å². The van der Waals surface area contributed by atoms with E-state index in [1.165, 1.54) is 0 Å². The van der Waals surface area contributed by atoms with E-state index in [0.717, 1.165) is 6.42 Å². The molecule has 0 amide bonds. The van der Waals surface area contributed by atoms with Crippen LogP contribution in [0.25, 0.3) is 0 Å². The van der Waals surface area contributed by atoms with Crippen LogP contribution < -0.4 is 0 Å². The summed E-state index contributed by atoms with van der Waals surface area (Å²) in [6, 6.07) is 0. The maximum atomic E-state index is 9.50. The molecule has 12 heavy (non-hydrogen) atoms. The second-order valence-corrected chi connectivity index (χ2v) is 0.940. The molecule has 0 bridgehead atoms. The van der Waals surface area contributed by atoms with E-state index in [2.05, 4.69) is 13.6 Å². The quantitative estimate of drug-likeness (QED) is 0.321. The number of hydrogen-bond donors (Lipinski definition) is 1. The standard InChI is InChI=1S/C5H9.CHF2.CH3N.BrH.Mg/c1-3-5-4-2;2-1-3;1-2;;/h4-5H,1,3H2,2H3;1H;2H,1H2;1H;/q2*-1;;;+2. The third kappa shape index (κ3) is 150. The van der Waals surface area contributed by atoms with Crippen LogP contribution in [0.2, 0.25) is 0 Å². The molecule has 0 aromatic heterocycles. The maximum Gasteiger partial charge on any atom is 2.00 e. The Morgan fingerprint density at radius 1 is 1.50 bits per heavy atom. The molecule has 0 aliphatic heterocycles. The van der Waals surface area contributed by atoms with Crippen molar-refractivity contribution < 1.29 is 8.78 Å². The predicted octanol–water partition coefficient (Wildman–Crippen LogP) is 3.29. The molecule has 0 heterocycles. The Morgan fingerprint density at radius 2 is 1.75 bits per heavy atom.